The van der Waals surface area contributed by atoms with E-state index in [0.717, 1.165) is 0 Å². The Hall–Kier alpha value is -2.83. The predicted octanol–water partition coefficient (Wildman–Crippen LogP) is 3.03. The number of benzene rings is 1. The average molecular weight is 461 g/mol. The minimum atomic E-state index is -5.11. The molecule has 3 rings (SSSR count). The average Bonchev–Trinajstić information content (AvgIpc) is 3.22. The topological polar surface area (TPSA) is 119 Å². The highest BCUT2D eigenvalue weighted by molar-refractivity contribution is 8.00. The fraction of sp³-hybridized carbons (Fsp3) is 0.500. The number of unbranched alkanes of at least 4 members (excludes halogenated alkanes) is 1. The van der Waals surface area contributed by atoms with E-state index >= 15 is 0 Å². The van der Waals surface area contributed by atoms with E-state index in [0.29, 0.717) is 19.3 Å². The molecule has 1 N–H and O–H groups in total. The number of carbonyl (C=O) groups is 3. The van der Waals surface area contributed by atoms with E-state index in [9.17, 15) is 37.7 Å². The highest BCUT2D eigenvalue weighted by Crippen LogP contribution is 2.38. The van der Waals surface area contributed by atoms with Gasteiger partial charge in [0.15, 0.2) is 0 Å². The number of carbonyl (C=O) groups excluding carboxylic acids is 3. The smallest absolute Gasteiger partial charge is 0.427 e. The summed E-state index contributed by atoms with van der Waals surface area (Å²) in [5.41, 5.74) is -0.123. The third kappa shape index (κ3) is 5.27. The van der Waals surface area contributed by atoms with Crippen LogP contribution in [0.1, 0.15) is 25.7 Å². The molecule has 0 unspecified atom stereocenters. The van der Waals surface area contributed by atoms with E-state index in [2.05, 4.69) is 5.32 Å². The van der Waals surface area contributed by atoms with Crippen molar-refractivity contribution >= 4 is 35.4 Å². The van der Waals surface area contributed by atoms with E-state index in [1.54, 1.807) is 0 Å². The van der Waals surface area contributed by atoms with E-state index in [1.807, 2.05) is 0 Å². The Morgan fingerprint density at radius 3 is 2.55 bits per heavy atom. The molecule has 9 nitrogen and oxygen atoms in total. The molecule has 1 aromatic carbocycles. The van der Waals surface area contributed by atoms with Gasteiger partial charge in [-0.3, -0.25) is 24.6 Å². The van der Waals surface area contributed by atoms with Crippen LogP contribution in [0.3, 0.4) is 0 Å². The van der Waals surface area contributed by atoms with E-state index in [4.69, 9.17) is 4.74 Å². The highest BCUT2D eigenvalue weighted by atomic mass is 32.2. The zero-order valence-electron chi connectivity index (χ0n) is 16.0. The molecule has 1 aromatic rings. The maximum absolute atomic E-state index is 12.7. The second-order valence-electron chi connectivity index (χ2n) is 7.06. The zero-order valence-corrected chi connectivity index (χ0v) is 16.8. The number of halogens is 3. The van der Waals surface area contributed by atoms with E-state index in [-0.39, 0.29) is 33.8 Å². The second kappa shape index (κ2) is 9.12. The lowest BCUT2D eigenvalue weighted by Crippen LogP contribution is -2.47. The van der Waals surface area contributed by atoms with Crippen molar-refractivity contribution in [2.45, 2.75) is 49.2 Å². The summed E-state index contributed by atoms with van der Waals surface area (Å²) >= 11 is 1.39. The standard InChI is InChI=1S/C18H18F3N3O6S/c19-18(20,21)16(26)23-12-9-31-13(15(12)22-17(23)27)3-1-2-4-14(25)30-11-7-5-10(6-8-11)24(28)29/h5-8,12-13,15H,1-4,9H2,(H,22,27)/t12-,13-,15+/m0/s1. The monoisotopic (exact) mass is 461 g/mol. The van der Waals surface area contributed by atoms with Gasteiger partial charge in [0.05, 0.1) is 17.0 Å². The minimum Gasteiger partial charge on any atom is -0.427 e. The molecule has 2 aliphatic rings. The van der Waals surface area contributed by atoms with Gasteiger partial charge >= 0.3 is 24.1 Å². The number of esters is 1. The summed E-state index contributed by atoms with van der Waals surface area (Å²) in [6.07, 6.45) is -3.45. The number of imide groups is 1. The van der Waals surface area contributed by atoms with Gasteiger partial charge in [-0.05, 0) is 25.0 Å². The summed E-state index contributed by atoms with van der Waals surface area (Å²) in [6.45, 7) is 0. The van der Waals surface area contributed by atoms with Crippen molar-refractivity contribution < 1.29 is 37.2 Å². The summed E-state index contributed by atoms with van der Waals surface area (Å²) in [4.78, 5) is 45.6. The van der Waals surface area contributed by atoms with E-state index < -0.39 is 41.1 Å². The minimum absolute atomic E-state index is 0.0908. The van der Waals surface area contributed by atoms with E-state index in [1.165, 1.54) is 36.0 Å². The van der Waals surface area contributed by atoms with Crippen molar-refractivity contribution in [3.05, 3.63) is 34.4 Å². The van der Waals surface area contributed by atoms with Crippen LogP contribution in [-0.4, -0.2) is 57.0 Å². The molecule has 2 heterocycles. The number of nitro benzene ring substituents is 1. The first-order chi connectivity index (χ1) is 14.6. The van der Waals surface area contributed by atoms with Gasteiger partial charge in [-0.15, -0.1) is 0 Å². The van der Waals surface area contributed by atoms with Gasteiger partial charge in [-0.2, -0.15) is 24.9 Å². The molecule has 3 atom stereocenters. The molecule has 2 aliphatic heterocycles. The molecule has 0 saturated carbocycles. The number of amides is 3. The molecule has 3 amide bonds. The maximum atomic E-state index is 12.7. The Labute approximate surface area is 178 Å². The molecule has 0 radical (unpaired) electrons. The summed E-state index contributed by atoms with van der Waals surface area (Å²) in [7, 11) is 0. The number of urea groups is 1. The van der Waals surface area contributed by atoms with Gasteiger partial charge < -0.3 is 10.1 Å². The van der Waals surface area contributed by atoms with Gasteiger partial charge in [0.2, 0.25) is 0 Å². The number of non-ortho nitro benzene ring substituents is 1. The van der Waals surface area contributed by atoms with Crippen LogP contribution >= 0.6 is 11.8 Å². The molecule has 2 fully saturated rings. The second-order valence-corrected chi connectivity index (χ2v) is 8.33. The lowest BCUT2D eigenvalue weighted by molar-refractivity contribution is -0.384. The Morgan fingerprint density at radius 2 is 1.94 bits per heavy atom. The van der Waals surface area contributed by atoms with Gasteiger partial charge in [0, 0.05) is 29.6 Å². The number of rotatable bonds is 7. The Balaban J connectivity index is 1.42. The van der Waals surface area contributed by atoms with Crippen LogP contribution in [0.25, 0.3) is 0 Å². The molecular weight excluding hydrogens is 443 g/mol. The number of thioether (sulfide) groups is 1. The van der Waals surface area contributed by atoms with Crippen LogP contribution in [-0.2, 0) is 9.59 Å². The molecular formula is C18H18F3N3O6S. The number of hydrogen-bond donors (Lipinski definition) is 1. The Morgan fingerprint density at radius 1 is 1.26 bits per heavy atom. The number of fused-ring (bicyclic) bond motifs is 1. The molecule has 168 valence electrons. The number of nitrogens with one attached hydrogen (secondary N) is 1. The lowest BCUT2D eigenvalue weighted by Gasteiger charge is -2.20. The van der Waals surface area contributed by atoms with Crippen LogP contribution in [0.5, 0.6) is 5.75 Å². The first-order valence-corrected chi connectivity index (χ1v) is 10.4. The zero-order chi connectivity index (χ0) is 22.8. The number of nitrogens with zero attached hydrogens (tertiary/aromatic N) is 2. The first-order valence-electron chi connectivity index (χ1n) is 9.35. The molecule has 0 spiro atoms. The highest BCUT2D eigenvalue weighted by Gasteiger charge is 2.56. The quantitative estimate of drug-likeness (QED) is 0.166. The van der Waals surface area contributed by atoms with Crippen molar-refractivity contribution in [1.82, 2.24) is 10.2 Å². The number of ether oxygens (including phenoxy) is 1. The van der Waals surface area contributed by atoms with Crippen molar-refractivity contribution in [1.29, 1.82) is 0 Å². The van der Waals surface area contributed by atoms with Gasteiger partial charge in [0.1, 0.15) is 5.75 Å². The number of nitro groups is 1. The number of alkyl halides is 3. The Bertz CT molecular complexity index is 879. The van der Waals surface area contributed by atoms with Crippen LogP contribution < -0.4 is 10.1 Å². The summed E-state index contributed by atoms with van der Waals surface area (Å²) in [6, 6.07) is 2.65. The van der Waals surface area contributed by atoms with Crippen molar-refractivity contribution in [3.63, 3.8) is 0 Å². The Kier molecular flexibility index (Phi) is 6.72. The molecule has 2 saturated heterocycles. The van der Waals surface area contributed by atoms with Crippen LogP contribution in [0.4, 0.5) is 23.7 Å². The fourth-order valence-corrected chi connectivity index (χ4v) is 5.13. The molecule has 31 heavy (non-hydrogen) atoms. The van der Waals surface area contributed by atoms with Gasteiger partial charge in [-0.1, -0.05) is 6.42 Å². The third-order valence-corrected chi connectivity index (χ3v) is 6.49. The summed E-state index contributed by atoms with van der Waals surface area (Å²) in [5, 5.41) is 12.9. The molecule has 0 aromatic heterocycles. The van der Waals surface area contributed by atoms with Crippen LogP contribution in [0, 0.1) is 10.1 Å². The SMILES string of the molecule is O=C(CCCC[C@@H]1SC[C@H]2[C@H]1NC(=O)N2C(=O)C(F)(F)F)Oc1ccc([N+](=O)[O-])cc1. The van der Waals surface area contributed by atoms with Crippen LogP contribution in [0.2, 0.25) is 0 Å². The first kappa shape index (κ1) is 22.8. The van der Waals surface area contributed by atoms with Crippen molar-refractivity contribution in [3.8, 4) is 5.75 Å². The maximum Gasteiger partial charge on any atom is 0.471 e. The number of hydrogen-bond acceptors (Lipinski definition) is 7. The molecule has 13 heteroatoms. The predicted molar refractivity (Wildman–Crippen MR) is 102 cm³/mol. The van der Waals surface area contributed by atoms with Gasteiger partial charge in [-0.25, -0.2) is 4.79 Å². The normalized spacial score (nSPS) is 22.7. The molecule has 0 bridgehead atoms. The largest absolute Gasteiger partial charge is 0.471 e. The lowest BCUT2D eigenvalue weighted by atomic mass is 10.0. The summed E-state index contributed by atoms with van der Waals surface area (Å²) < 4.78 is 43.2. The van der Waals surface area contributed by atoms with Crippen molar-refractivity contribution in [2.75, 3.05) is 5.75 Å². The van der Waals surface area contributed by atoms with Crippen LogP contribution in [0.15, 0.2) is 24.3 Å². The fourth-order valence-electron chi connectivity index (χ4n) is 3.54. The molecule has 0 aliphatic carbocycles. The van der Waals surface area contributed by atoms with Crippen molar-refractivity contribution in [2.24, 2.45) is 0 Å². The van der Waals surface area contributed by atoms with Gasteiger partial charge in [0.25, 0.3) is 5.69 Å². The summed E-state index contributed by atoms with van der Waals surface area (Å²) in [5.74, 6) is -2.26. The third-order valence-electron chi connectivity index (χ3n) is 5.00.